The van der Waals surface area contributed by atoms with Gasteiger partial charge in [0.15, 0.2) is 0 Å². The van der Waals surface area contributed by atoms with Crippen LogP contribution in [0.15, 0.2) is 0 Å². The quantitative estimate of drug-likeness (QED) is 0.730. The molecule has 0 aliphatic heterocycles. The fourth-order valence-corrected chi connectivity index (χ4v) is 2.83. The minimum absolute atomic E-state index is 0.129. The Kier molecular flexibility index (Phi) is 6.04. The molecule has 0 aromatic rings. The Morgan fingerprint density at radius 1 is 1.31 bits per heavy atom. The first-order valence-corrected chi connectivity index (χ1v) is 6.93. The van der Waals surface area contributed by atoms with Gasteiger partial charge in [0.2, 0.25) is 0 Å². The lowest BCUT2D eigenvalue weighted by atomic mass is 9.86. The van der Waals surface area contributed by atoms with Crippen LogP contribution < -0.4 is 5.73 Å². The average molecular weight is 225 g/mol. The number of Topliss-reactive ketones (excluding diaryl/α,β-unsaturated/α-hetero) is 1. The number of carbonyl (C=O) groups is 1. The van der Waals surface area contributed by atoms with Gasteiger partial charge in [-0.15, -0.1) is 0 Å². The Bertz CT molecular complexity index is 215. The molecule has 0 radical (unpaired) electrons. The van der Waals surface area contributed by atoms with Crippen LogP contribution in [0.2, 0.25) is 0 Å². The van der Waals surface area contributed by atoms with Crippen molar-refractivity contribution in [1.82, 2.24) is 0 Å². The lowest BCUT2D eigenvalue weighted by Crippen LogP contribution is -2.35. The van der Waals surface area contributed by atoms with Gasteiger partial charge in [0.05, 0.1) is 0 Å². The molecule has 3 unspecified atom stereocenters. The lowest BCUT2D eigenvalue weighted by Gasteiger charge is -2.21. The lowest BCUT2D eigenvalue weighted by molar-refractivity contribution is -0.124. The second-order valence-electron chi connectivity index (χ2n) is 5.47. The summed E-state index contributed by atoms with van der Waals surface area (Å²) in [5.74, 6) is 1.12. The summed E-state index contributed by atoms with van der Waals surface area (Å²) in [4.78, 5) is 12.2. The Labute approximate surface area is 100.0 Å². The Morgan fingerprint density at radius 3 is 2.69 bits per heavy atom. The second-order valence-corrected chi connectivity index (χ2v) is 5.47. The van der Waals surface area contributed by atoms with Gasteiger partial charge in [0.1, 0.15) is 5.78 Å². The van der Waals surface area contributed by atoms with Crippen molar-refractivity contribution < 1.29 is 4.79 Å². The van der Waals surface area contributed by atoms with E-state index in [0.29, 0.717) is 11.7 Å². The van der Waals surface area contributed by atoms with E-state index < -0.39 is 0 Å². The summed E-state index contributed by atoms with van der Waals surface area (Å²) >= 11 is 0. The fourth-order valence-electron chi connectivity index (χ4n) is 2.83. The summed E-state index contributed by atoms with van der Waals surface area (Å²) in [7, 11) is 0. The maximum Gasteiger partial charge on any atom is 0.137 e. The third-order valence-electron chi connectivity index (χ3n) is 3.81. The zero-order chi connectivity index (χ0) is 12.0. The molecule has 0 bridgehead atoms. The molecular formula is C14H27NO. The molecule has 94 valence electrons. The normalized spacial score (nSPS) is 28.4. The number of hydrogen-bond acceptors (Lipinski definition) is 2. The van der Waals surface area contributed by atoms with Crippen molar-refractivity contribution in [3.05, 3.63) is 0 Å². The van der Waals surface area contributed by atoms with Gasteiger partial charge in [-0.3, -0.25) is 4.79 Å². The average Bonchev–Trinajstić information content (AvgIpc) is 2.43. The molecule has 1 rings (SSSR count). The van der Waals surface area contributed by atoms with Crippen molar-refractivity contribution in [1.29, 1.82) is 0 Å². The summed E-state index contributed by atoms with van der Waals surface area (Å²) in [6, 6.07) is 0.129. The number of carbonyl (C=O) groups excluding carboxylic acids is 1. The van der Waals surface area contributed by atoms with Crippen LogP contribution in [0.1, 0.15) is 65.2 Å². The molecule has 2 heteroatoms. The maximum atomic E-state index is 12.2. The highest BCUT2D eigenvalue weighted by Crippen LogP contribution is 2.25. The molecule has 1 aliphatic rings. The van der Waals surface area contributed by atoms with Crippen LogP contribution in [0.3, 0.4) is 0 Å². The first-order valence-electron chi connectivity index (χ1n) is 6.93. The number of hydrogen-bond donors (Lipinski definition) is 1. The maximum absolute atomic E-state index is 12.2. The second kappa shape index (κ2) is 7.05. The van der Waals surface area contributed by atoms with E-state index in [9.17, 15) is 4.79 Å². The molecule has 0 heterocycles. The summed E-state index contributed by atoms with van der Waals surface area (Å²) in [6.45, 7) is 4.36. The molecule has 0 aromatic heterocycles. The Morgan fingerprint density at radius 2 is 2.00 bits per heavy atom. The molecule has 0 aromatic carbocycles. The van der Waals surface area contributed by atoms with E-state index in [4.69, 9.17) is 5.73 Å². The van der Waals surface area contributed by atoms with Crippen LogP contribution >= 0.6 is 0 Å². The topological polar surface area (TPSA) is 43.1 Å². The summed E-state index contributed by atoms with van der Waals surface area (Å²) < 4.78 is 0. The van der Waals surface area contributed by atoms with Crippen LogP contribution in [0.4, 0.5) is 0 Å². The van der Waals surface area contributed by atoms with E-state index in [2.05, 4.69) is 13.8 Å². The summed E-state index contributed by atoms with van der Waals surface area (Å²) in [6.07, 6.45) is 8.78. The van der Waals surface area contributed by atoms with Crippen LogP contribution in [0.25, 0.3) is 0 Å². The highest BCUT2D eigenvalue weighted by molar-refractivity contribution is 5.81. The van der Waals surface area contributed by atoms with E-state index in [1.54, 1.807) is 0 Å². The van der Waals surface area contributed by atoms with Crippen LogP contribution in [-0.2, 0) is 4.79 Å². The van der Waals surface area contributed by atoms with Crippen molar-refractivity contribution >= 4 is 5.78 Å². The van der Waals surface area contributed by atoms with Gasteiger partial charge < -0.3 is 5.73 Å². The summed E-state index contributed by atoms with van der Waals surface area (Å²) in [5.41, 5.74) is 6.11. The smallest absolute Gasteiger partial charge is 0.137 e. The predicted octanol–water partition coefficient (Wildman–Crippen LogP) is 3.29. The van der Waals surface area contributed by atoms with E-state index in [0.717, 1.165) is 25.7 Å². The number of nitrogens with two attached hydrogens (primary N) is 1. The van der Waals surface area contributed by atoms with E-state index >= 15 is 0 Å². The first-order chi connectivity index (χ1) is 7.65. The third kappa shape index (κ3) is 4.25. The highest BCUT2D eigenvalue weighted by Gasteiger charge is 2.27. The highest BCUT2D eigenvalue weighted by atomic mass is 16.1. The van der Waals surface area contributed by atoms with Gasteiger partial charge in [-0.05, 0) is 18.8 Å². The van der Waals surface area contributed by atoms with Crippen LogP contribution in [0, 0.1) is 11.8 Å². The molecule has 1 aliphatic carbocycles. The Hall–Kier alpha value is -0.370. The molecule has 1 saturated carbocycles. The van der Waals surface area contributed by atoms with Crippen LogP contribution in [-0.4, -0.2) is 11.8 Å². The molecular weight excluding hydrogens is 198 g/mol. The molecule has 2 nitrogen and oxygen atoms in total. The molecule has 0 saturated heterocycles. The van der Waals surface area contributed by atoms with Crippen LogP contribution in [0.5, 0.6) is 0 Å². The van der Waals surface area contributed by atoms with Gasteiger partial charge in [-0.2, -0.15) is 0 Å². The van der Waals surface area contributed by atoms with Crippen molar-refractivity contribution in [2.75, 3.05) is 0 Å². The van der Waals surface area contributed by atoms with E-state index in [-0.39, 0.29) is 12.0 Å². The van der Waals surface area contributed by atoms with Gasteiger partial charge in [-0.25, -0.2) is 0 Å². The number of rotatable bonds is 5. The zero-order valence-corrected chi connectivity index (χ0v) is 10.9. The first kappa shape index (κ1) is 13.7. The molecule has 2 N–H and O–H groups in total. The molecule has 3 atom stereocenters. The molecule has 16 heavy (non-hydrogen) atoms. The van der Waals surface area contributed by atoms with E-state index in [1.165, 1.54) is 25.7 Å². The van der Waals surface area contributed by atoms with Gasteiger partial charge in [-0.1, -0.05) is 46.0 Å². The summed E-state index contributed by atoms with van der Waals surface area (Å²) in [5, 5.41) is 0. The third-order valence-corrected chi connectivity index (χ3v) is 3.81. The van der Waals surface area contributed by atoms with Gasteiger partial charge in [0, 0.05) is 18.4 Å². The standard InChI is InChI=1S/C14H27NO/c1-3-7-11(2)10-14(16)12-8-5-4-6-9-13(12)15/h11-13H,3-10,15H2,1-2H3. The zero-order valence-electron chi connectivity index (χ0n) is 10.9. The van der Waals surface area contributed by atoms with Crippen molar-refractivity contribution in [3.63, 3.8) is 0 Å². The van der Waals surface area contributed by atoms with E-state index in [1.807, 2.05) is 0 Å². The van der Waals surface area contributed by atoms with Crippen molar-refractivity contribution in [2.24, 2.45) is 17.6 Å². The SMILES string of the molecule is CCCC(C)CC(=O)C1CCCCCC1N. The molecule has 0 amide bonds. The van der Waals surface area contributed by atoms with Crippen molar-refractivity contribution in [2.45, 2.75) is 71.3 Å². The Balaban J connectivity index is 2.44. The predicted molar refractivity (Wildman–Crippen MR) is 68.2 cm³/mol. The fraction of sp³-hybridized carbons (Fsp3) is 0.929. The molecule has 0 spiro atoms. The largest absolute Gasteiger partial charge is 0.327 e. The van der Waals surface area contributed by atoms with Crippen molar-refractivity contribution in [3.8, 4) is 0 Å². The minimum atomic E-state index is 0.129. The monoisotopic (exact) mass is 225 g/mol. The molecule has 1 fully saturated rings. The minimum Gasteiger partial charge on any atom is -0.327 e. The van der Waals surface area contributed by atoms with Gasteiger partial charge >= 0.3 is 0 Å². The number of ketones is 1. The van der Waals surface area contributed by atoms with Gasteiger partial charge in [0.25, 0.3) is 0 Å².